The summed E-state index contributed by atoms with van der Waals surface area (Å²) in [5.41, 5.74) is 5.00. The van der Waals surface area contributed by atoms with Crippen LogP contribution in [0.1, 0.15) is 5.56 Å². The van der Waals surface area contributed by atoms with E-state index < -0.39 is 0 Å². The van der Waals surface area contributed by atoms with Crippen LogP contribution in [0.15, 0.2) is 108 Å². The van der Waals surface area contributed by atoms with E-state index >= 15 is 0 Å². The normalized spacial score (nSPS) is 10.8. The molecule has 0 aliphatic rings. The van der Waals surface area contributed by atoms with Crippen LogP contribution in [0, 0.1) is 0 Å². The van der Waals surface area contributed by atoms with Crippen molar-refractivity contribution in [3.8, 4) is 34.0 Å². The van der Waals surface area contributed by atoms with E-state index in [4.69, 9.17) is 9.15 Å². The molecular weight excluding hydrogens is 374 g/mol. The Hall–Kier alpha value is -4.12. The fraction of sp³-hybridized carbons (Fsp3) is 0.0400. The molecule has 0 radical (unpaired) electrons. The second kappa shape index (κ2) is 8.09. The van der Waals surface area contributed by atoms with Gasteiger partial charge in [0.05, 0.1) is 18.1 Å². The summed E-state index contributed by atoms with van der Waals surface area (Å²) >= 11 is 0. The average Bonchev–Trinajstić information content (AvgIpc) is 3.51. The summed E-state index contributed by atoms with van der Waals surface area (Å²) in [6.07, 6.45) is 7.07. The van der Waals surface area contributed by atoms with Gasteiger partial charge in [-0.2, -0.15) is 5.10 Å². The summed E-state index contributed by atoms with van der Waals surface area (Å²) in [7, 11) is 0. The zero-order valence-corrected chi connectivity index (χ0v) is 16.2. The summed E-state index contributed by atoms with van der Waals surface area (Å²) in [5, 5.41) is 4.55. The van der Waals surface area contributed by atoms with Crippen LogP contribution < -0.4 is 4.74 Å². The molecule has 5 heteroatoms. The number of benzene rings is 3. The molecule has 0 saturated carbocycles. The van der Waals surface area contributed by atoms with Gasteiger partial charge >= 0.3 is 0 Å². The fourth-order valence-electron chi connectivity index (χ4n) is 3.34. The first-order chi connectivity index (χ1) is 14.9. The minimum Gasteiger partial charge on any atom is -0.489 e. The Morgan fingerprint density at radius 1 is 0.867 bits per heavy atom. The van der Waals surface area contributed by atoms with Crippen LogP contribution in [0.3, 0.4) is 0 Å². The average molecular weight is 393 g/mol. The zero-order valence-electron chi connectivity index (χ0n) is 16.2. The first-order valence-electron chi connectivity index (χ1n) is 9.68. The van der Waals surface area contributed by atoms with Crippen LogP contribution in [0.25, 0.3) is 28.3 Å². The standard InChI is InChI=1S/C25H19N3O2/c1-2-7-19(8-3-1)18-30-22-10-6-9-21(15-22)28-17-20(16-27-28)23-11-4-5-12-24(23)25-26-13-14-29-25/h1-17H,18H2. The van der Waals surface area contributed by atoms with Gasteiger partial charge in [0.25, 0.3) is 0 Å². The van der Waals surface area contributed by atoms with Gasteiger partial charge in [-0.05, 0) is 29.3 Å². The minimum absolute atomic E-state index is 0.526. The molecule has 146 valence electrons. The van der Waals surface area contributed by atoms with Crippen molar-refractivity contribution in [2.24, 2.45) is 0 Å². The van der Waals surface area contributed by atoms with Crippen LogP contribution in [-0.2, 0) is 6.61 Å². The Bertz CT molecular complexity index is 1240. The highest BCUT2D eigenvalue weighted by Crippen LogP contribution is 2.31. The van der Waals surface area contributed by atoms with Gasteiger partial charge in [0.15, 0.2) is 0 Å². The Morgan fingerprint density at radius 2 is 1.70 bits per heavy atom. The summed E-state index contributed by atoms with van der Waals surface area (Å²) in [6.45, 7) is 0.526. The molecule has 0 amide bonds. The molecule has 0 saturated heterocycles. The van der Waals surface area contributed by atoms with Crippen LogP contribution in [-0.4, -0.2) is 14.8 Å². The quantitative estimate of drug-likeness (QED) is 0.367. The van der Waals surface area contributed by atoms with Crippen LogP contribution in [0.5, 0.6) is 5.75 Å². The Labute approximate surface area is 174 Å². The largest absolute Gasteiger partial charge is 0.489 e. The van der Waals surface area contributed by atoms with Crippen molar-refractivity contribution >= 4 is 0 Å². The lowest BCUT2D eigenvalue weighted by Gasteiger charge is -2.08. The van der Waals surface area contributed by atoms with E-state index in [9.17, 15) is 0 Å². The Kier molecular flexibility index (Phi) is 4.84. The minimum atomic E-state index is 0.526. The zero-order chi connectivity index (χ0) is 20.2. The van der Waals surface area contributed by atoms with E-state index in [-0.39, 0.29) is 0 Å². The number of hydrogen-bond acceptors (Lipinski definition) is 4. The number of rotatable bonds is 6. The molecule has 0 atom stereocenters. The second-order valence-corrected chi connectivity index (χ2v) is 6.83. The summed E-state index contributed by atoms with van der Waals surface area (Å²) in [4.78, 5) is 4.28. The number of aromatic nitrogens is 3. The molecule has 5 rings (SSSR count). The van der Waals surface area contributed by atoms with Crippen molar-refractivity contribution in [2.45, 2.75) is 6.61 Å². The molecule has 3 aromatic carbocycles. The molecule has 0 bridgehead atoms. The van der Waals surface area contributed by atoms with Crippen molar-refractivity contribution < 1.29 is 9.15 Å². The van der Waals surface area contributed by atoms with Crippen molar-refractivity contribution in [1.82, 2.24) is 14.8 Å². The maximum atomic E-state index is 5.95. The first kappa shape index (κ1) is 17.9. The van der Waals surface area contributed by atoms with E-state index in [0.29, 0.717) is 12.5 Å². The van der Waals surface area contributed by atoms with Gasteiger partial charge < -0.3 is 9.15 Å². The predicted molar refractivity (Wildman–Crippen MR) is 115 cm³/mol. The van der Waals surface area contributed by atoms with Gasteiger partial charge in [0.2, 0.25) is 5.89 Å². The highest BCUT2D eigenvalue weighted by molar-refractivity contribution is 5.79. The fourth-order valence-corrected chi connectivity index (χ4v) is 3.34. The third kappa shape index (κ3) is 3.73. The summed E-state index contributed by atoms with van der Waals surface area (Å²) < 4.78 is 13.3. The maximum absolute atomic E-state index is 5.95. The third-order valence-electron chi connectivity index (χ3n) is 4.81. The lowest BCUT2D eigenvalue weighted by atomic mass is 10.0. The molecule has 0 aliphatic heterocycles. The monoisotopic (exact) mass is 393 g/mol. The molecule has 0 unspecified atom stereocenters. The van der Waals surface area contributed by atoms with Gasteiger partial charge in [0.1, 0.15) is 18.6 Å². The van der Waals surface area contributed by atoms with E-state index in [0.717, 1.165) is 33.7 Å². The molecule has 0 aliphatic carbocycles. The van der Waals surface area contributed by atoms with Crippen LogP contribution in [0.4, 0.5) is 0 Å². The summed E-state index contributed by atoms with van der Waals surface area (Å²) in [5.74, 6) is 1.39. The van der Waals surface area contributed by atoms with Gasteiger partial charge in [-0.1, -0.05) is 54.6 Å². The SMILES string of the molecule is c1ccc(COc2cccc(-n3cc(-c4ccccc4-c4ncco4)cn3)c2)cc1. The van der Waals surface area contributed by atoms with Crippen molar-refractivity contribution in [1.29, 1.82) is 0 Å². The van der Waals surface area contributed by atoms with Gasteiger partial charge in [-0.25, -0.2) is 9.67 Å². The second-order valence-electron chi connectivity index (χ2n) is 6.83. The lowest BCUT2D eigenvalue weighted by Crippen LogP contribution is -1.98. The van der Waals surface area contributed by atoms with E-state index in [2.05, 4.69) is 22.2 Å². The maximum Gasteiger partial charge on any atom is 0.226 e. The van der Waals surface area contributed by atoms with E-state index in [1.165, 1.54) is 0 Å². The molecular formula is C25H19N3O2. The van der Waals surface area contributed by atoms with Gasteiger partial charge in [-0.3, -0.25) is 0 Å². The van der Waals surface area contributed by atoms with E-state index in [1.54, 1.807) is 12.5 Å². The summed E-state index contributed by atoms with van der Waals surface area (Å²) in [6, 6.07) is 26.0. The molecule has 0 spiro atoms. The highest BCUT2D eigenvalue weighted by Gasteiger charge is 2.12. The molecule has 5 aromatic rings. The molecule has 2 heterocycles. The number of hydrogen-bond donors (Lipinski definition) is 0. The highest BCUT2D eigenvalue weighted by atomic mass is 16.5. The third-order valence-corrected chi connectivity index (χ3v) is 4.81. The van der Waals surface area contributed by atoms with E-state index in [1.807, 2.05) is 83.8 Å². The smallest absolute Gasteiger partial charge is 0.226 e. The van der Waals surface area contributed by atoms with Crippen LogP contribution in [0.2, 0.25) is 0 Å². The number of ether oxygens (including phenoxy) is 1. The van der Waals surface area contributed by atoms with Crippen LogP contribution >= 0.6 is 0 Å². The van der Waals surface area contributed by atoms with Crippen molar-refractivity contribution in [3.05, 3.63) is 109 Å². The van der Waals surface area contributed by atoms with Crippen molar-refractivity contribution in [2.75, 3.05) is 0 Å². The van der Waals surface area contributed by atoms with Gasteiger partial charge in [0, 0.05) is 23.4 Å². The molecule has 30 heavy (non-hydrogen) atoms. The Balaban J connectivity index is 1.40. The Morgan fingerprint density at radius 3 is 2.53 bits per heavy atom. The topological polar surface area (TPSA) is 53.1 Å². The van der Waals surface area contributed by atoms with Crippen molar-refractivity contribution in [3.63, 3.8) is 0 Å². The molecule has 0 fully saturated rings. The predicted octanol–water partition coefficient (Wildman–Crippen LogP) is 5.77. The molecule has 0 N–H and O–H groups in total. The lowest BCUT2D eigenvalue weighted by molar-refractivity contribution is 0.306. The first-order valence-corrected chi connectivity index (χ1v) is 9.68. The molecule has 2 aromatic heterocycles. The van der Waals surface area contributed by atoms with Gasteiger partial charge in [-0.15, -0.1) is 0 Å². The number of oxazole rings is 1. The molecule has 5 nitrogen and oxygen atoms in total. The number of nitrogens with zero attached hydrogens (tertiary/aromatic N) is 3.